The molecule has 2 aromatic heterocycles. The standard InChI is InChI=1S/C18H20N4O/c1-11-4-3-7-22(9-11)18-16-14-8-13(12(2)23)5-6-15(14)21-17(16)19-10-20-18/h5-6,8,10-11H,3-4,7,9H2,1-2H3,(H,19,20,21). The number of nitrogens with one attached hydrogen (secondary N) is 1. The molecule has 118 valence electrons. The molecule has 1 saturated heterocycles. The second-order valence-electron chi connectivity index (χ2n) is 6.56. The lowest BCUT2D eigenvalue weighted by molar-refractivity contribution is 0.101. The predicted molar refractivity (Wildman–Crippen MR) is 92.0 cm³/mol. The van der Waals surface area contributed by atoms with Gasteiger partial charge in [0.25, 0.3) is 0 Å². The van der Waals surface area contributed by atoms with Gasteiger partial charge in [-0.15, -0.1) is 0 Å². The van der Waals surface area contributed by atoms with E-state index in [1.54, 1.807) is 13.3 Å². The number of hydrogen-bond acceptors (Lipinski definition) is 4. The quantitative estimate of drug-likeness (QED) is 0.735. The first-order valence-electron chi connectivity index (χ1n) is 8.16. The smallest absolute Gasteiger partial charge is 0.159 e. The third kappa shape index (κ3) is 2.36. The summed E-state index contributed by atoms with van der Waals surface area (Å²) >= 11 is 0. The number of ketones is 1. The molecule has 23 heavy (non-hydrogen) atoms. The second kappa shape index (κ2) is 5.33. The summed E-state index contributed by atoms with van der Waals surface area (Å²) in [6.07, 6.45) is 4.08. The number of piperidine rings is 1. The molecule has 0 bridgehead atoms. The summed E-state index contributed by atoms with van der Waals surface area (Å²) in [5, 5.41) is 2.06. The van der Waals surface area contributed by atoms with Crippen LogP contribution in [-0.4, -0.2) is 33.8 Å². The monoisotopic (exact) mass is 308 g/mol. The molecule has 1 aromatic carbocycles. The van der Waals surface area contributed by atoms with Gasteiger partial charge in [0.05, 0.1) is 5.39 Å². The van der Waals surface area contributed by atoms with Crippen molar-refractivity contribution in [2.75, 3.05) is 18.0 Å². The number of hydrogen-bond donors (Lipinski definition) is 1. The van der Waals surface area contributed by atoms with E-state index < -0.39 is 0 Å². The number of aromatic nitrogens is 3. The van der Waals surface area contributed by atoms with Crippen LogP contribution >= 0.6 is 0 Å². The minimum Gasteiger partial charge on any atom is -0.356 e. The number of carbonyl (C=O) groups excluding carboxylic acids is 1. The van der Waals surface area contributed by atoms with E-state index in [-0.39, 0.29) is 5.78 Å². The molecule has 1 unspecified atom stereocenters. The molecule has 3 aromatic rings. The highest BCUT2D eigenvalue weighted by Gasteiger charge is 2.21. The van der Waals surface area contributed by atoms with Crippen molar-refractivity contribution in [3.05, 3.63) is 30.1 Å². The maximum Gasteiger partial charge on any atom is 0.159 e. The van der Waals surface area contributed by atoms with Crippen molar-refractivity contribution in [2.45, 2.75) is 26.7 Å². The Morgan fingerprint density at radius 1 is 1.35 bits per heavy atom. The summed E-state index contributed by atoms with van der Waals surface area (Å²) in [6.45, 7) is 5.92. The van der Waals surface area contributed by atoms with Crippen molar-refractivity contribution in [3.8, 4) is 0 Å². The predicted octanol–water partition coefficient (Wildman–Crippen LogP) is 3.55. The highest BCUT2D eigenvalue weighted by molar-refractivity contribution is 6.13. The van der Waals surface area contributed by atoms with Gasteiger partial charge in [-0.3, -0.25) is 4.79 Å². The van der Waals surface area contributed by atoms with Crippen LogP contribution in [0.25, 0.3) is 21.9 Å². The Hall–Kier alpha value is -2.43. The highest BCUT2D eigenvalue weighted by Crippen LogP contribution is 2.33. The molecule has 3 heterocycles. The van der Waals surface area contributed by atoms with E-state index in [0.29, 0.717) is 5.92 Å². The first-order valence-corrected chi connectivity index (χ1v) is 8.16. The van der Waals surface area contributed by atoms with Crippen LogP contribution < -0.4 is 4.90 Å². The van der Waals surface area contributed by atoms with Gasteiger partial charge in [-0.05, 0) is 43.9 Å². The number of Topliss-reactive ketones (excluding diaryl/α,β-unsaturated/α-hetero) is 1. The molecular formula is C18H20N4O. The zero-order valence-electron chi connectivity index (χ0n) is 13.5. The van der Waals surface area contributed by atoms with E-state index in [1.807, 2.05) is 18.2 Å². The van der Waals surface area contributed by atoms with E-state index in [4.69, 9.17) is 0 Å². The SMILES string of the molecule is CC(=O)c1ccc2[nH]c3ncnc(N4CCCC(C)C4)c3c2c1. The number of rotatable bonds is 2. The molecule has 0 aliphatic carbocycles. The number of fused-ring (bicyclic) bond motifs is 3. The van der Waals surface area contributed by atoms with Gasteiger partial charge >= 0.3 is 0 Å². The van der Waals surface area contributed by atoms with Gasteiger partial charge in [0, 0.05) is 29.6 Å². The van der Waals surface area contributed by atoms with E-state index in [9.17, 15) is 4.79 Å². The molecule has 0 saturated carbocycles. The zero-order valence-corrected chi connectivity index (χ0v) is 13.5. The van der Waals surface area contributed by atoms with Crippen molar-refractivity contribution in [2.24, 2.45) is 5.92 Å². The van der Waals surface area contributed by atoms with Crippen LogP contribution in [0.2, 0.25) is 0 Å². The first-order chi connectivity index (χ1) is 11.1. The second-order valence-corrected chi connectivity index (χ2v) is 6.56. The van der Waals surface area contributed by atoms with Crippen LogP contribution in [0.15, 0.2) is 24.5 Å². The largest absolute Gasteiger partial charge is 0.356 e. The average Bonchev–Trinajstić information content (AvgIpc) is 2.92. The zero-order chi connectivity index (χ0) is 16.0. The molecule has 1 aliphatic rings. The Kier molecular flexibility index (Phi) is 3.29. The van der Waals surface area contributed by atoms with Crippen molar-refractivity contribution >= 4 is 33.5 Å². The van der Waals surface area contributed by atoms with Crippen molar-refractivity contribution in [1.82, 2.24) is 15.0 Å². The minimum absolute atomic E-state index is 0.0752. The first kappa shape index (κ1) is 14.2. The maximum atomic E-state index is 11.7. The lowest BCUT2D eigenvalue weighted by atomic mass is 10.00. The molecular weight excluding hydrogens is 288 g/mol. The van der Waals surface area contributed by atoms with Gasteiger partial charge in [0.1, 0.15) is 17.8 Å². The number of benzene rings is 1. The Morgan fingerprint density at radius 3 is 3.00 bits per heavy atom. The van der Waals surface area contributed by atoms with E-state index >= 15 is 0 Å². The van der Waals surface area contributed by atoms with Gasteiger partial charge < -0.3 is 9.88 Å². The van der Waals surface area contributed by atoms with Crippen LogP contribution in [0, 0.1) is 5.92 Å². The van der Waals surface area contributed by atoms with Crippen molar-refractivity contribution < 1.29 is 4.79 Å². The van der Waals surface area contributed by atoms with Gasteiger partial charge in [-0.2, -0.15) is 0 Å². The van der Waals surface area contributed by atoms with Crippen LogP contribution in [0.5, 0.6) is 0 Å². The minimum atomic E-state index is 0.0752. The van der Waals surface area contributed by atoms with Gasteiger partial charge in [0.2, 0.25) is 0 Å². The summed E-state index contributed by atoms with van der Waals surface area (Å²) in [7, 11) is 0. The molecule has 5 nitrogen and oxygen atoms in total. The highest BCUT2D eigenvalue weighted by atomic mass is 16.1. The average molecular weight is 308 g/mol. The molecule has 1 N–H and O–H groups in total. The van der Waals surface area contributed by atoms with E-state index in [1.165, 1.54) is 12.8 Å². The normalized spacial score (nSPS) is 18.7. The summed E-state index contributed by atoms with van der Waals surface area (Å²) in [5.41, 5.74) is 2.56. The topological polar surface area (TPSA) is 61.9 Å². The van der Waals surface area contributed by atoms with Gasteiger partial charge in [0.15, 0.2) is 5.78 Å². The Balaban J connectivity index is 1.95. The molecule has 1 atom stereocenters. The Morgan fingerprint density at radius 2 is 2.22 bits per heavy atom. The van der Waals surface area contributed by atoms with E-state index in [0.717, 1.165) is 46.4 Å². The molecule has 1 aliphatic heterocycles. The molecule has 1 fully saturated rings. The van der Waals surface area contributed by atoms with Crippen LogP contribution in [0.3, 0.4) is 0 Å². The fourth-order valence-corrected chi connectivity index (χ4v) is 3.55. The number of aromatic amines is 1. The summed E-state index contributed by atoms with van der Waals surface area (Å²) < 4.78 is 0. The third-order valence-corrected chi connectivity index (χ3v) is 4.73. The molecule has 5 heteroatoms. The number of H-pyrrole nitrogens is 1. The van der Waals surface area contributed by atoms with Crippen LogP contribution in [-0.2, 0) is 0 Å². The fourth-order valence-electron chi connectivity index (χ4n) is 3.55. The molecule has 0 amide bonds. The number of anilines is 1. The summed E-state index contributed by atoms with van der Waals surface area (Å²) in [4.78, 5) is 26.4. The molecule has 4 rings (SSSR count). The lowest BCUT2D eigenvalue weighted by Gasteiger charge is -2.32. The van der Waals surface area contributed by atoms with E-state index in [2.05, 4.69) is 26.8 Å². The van der Waals surface area contributed by atoms with Crippen LogP contribution in [0.4, 0.5) is 5.82 Å². The Bertz CT molecular complexity index is 899. The fraction of sp³-hybridized carbons (Fsp3) is 0.389. The molecule has 0 radical (unpaired) electrons. The van der Waals surface area contributed by atoms with Crippen molar-refractivity contribution in [1.29, 1.82) is 0 Å². The van der Waals surface area contributed by atoms with Crippen LogP contribution in [0.1, 0.15) is 37.0 Å². The summed E-state index contributed by atoms with van der Waals surface area (Å²) in [5.74, 6) is 1.73. The number of nitrogens with zero attached hydrogens (tertiary/aromatic N) is 3. The maximum absolute atomic E-state index is 11.7. The van der Waals surface area contributed by atoms with Gasteiger partial charge in [-0.25, -0.2) is 9.97 Å². The number of carbonyl (C=O) groups is 1. The Labute approximate surface area is 134 Å². The van der Waals surface area contributed by atoms with Crippen molar-refractivity contribution in [3.63, 3.8) is 0 Å². The summed E-state index contributed by atoms with van der Waals surface area (Å²) in [6, 6.07) is 5.77. The molecule has 0 spiro atoms. The lowest BCUT2D eigenvalue weighted by Crippen LogP contribution is -2.34. The van der Waals surface area contributed by atoms with Gasteiger partial charge in [-0.1, -0.05) is 6.92 Å². The third-order valence-electron chi connectivity index (χ3n) is 4.73.